The summed E-state index contributed by atoms with van der Waals surface area (Å²) in [7, 11) is 0. The molecule has 2 fully saturated rings. The molecule has 4 rings (SSSR count). The van der Waals surface area contributed by atoms with E-state index in [1.807, 2.05) is 12.1 Å². The fraction of sp³-hybridized carbons (Fsp3) is 0.421. The molecule has 0 amide bonds. The first-order valence-electron chi connectivity index (χ1n) is 9.25. The molecule has 0 radical (unpaired) electrons. The van der Waals surface area contributed by atoms with Gasteiger partial charge in [0.1, 0.15) is 5.75 Å². The van der Waals surface area contributed by atoms with E-state index in [0.29, 0.717) is 5.96 Å². The van der Waals surface area contributed by atoms with Crippen molar-refractivity contribution in [2.75, 3.05) is 31.1 Å². The molecule has 1 aromatic heterocycles. The lowest BCUT2D eigenvalue weighted by Crippen LogP contribution is -2.51. The molecule has 156 valence electrons. The number of halogens is 3. The molecule has 29 heavy (non-hydrogen) atoms. The Morgan fingerprint density at radius 1 is 1.10 bits per heavy atom. The first-order chi connectivity index (χ1) is 13.6. The minimum absolute atomic E-state index is 0. The molecule has 7 nitrogen and oxygen atoms in total. The predicted molar refractivity (Wildman–Crippen MR) is 117 cm³/mol. The molecule has 0 spiro atoms. The molecule has 2 heterocycles. The van der Waals surface area contributed by atoms with Crippen molar-refractivity contribution in [3.63, 3.8) is 0 Å². The first-order valence-corrected chi connectivity index (χ1v) is 9.25. The Bertz CT molecular complexity index is 815. The Morgan fingerprint density at radius 3 is 2.38 bits per heavy atom. The maximum Gasteiger partial charge on any atom is 0.387 e. The van der Waals surface area contributed by atoms with Crippen LogP contribution in [0.5, 0.6) is 5.75 Å². The zero-order valence-electron chi connectivity index (χ0n) is 15.7. The van der Waals surface area contributed by atoms with Crippen LogP contribution in [0.25, 0.3) is 0 Å². The minimum atomic E-state index is -2.81. The summed E-state index contributed by atoms with van der Waals surface area (Å²) in [6, 6.07) is 8.69. The highest BCUT2D eigenvalue weighted by molar-refractivity contribution is 14.0. The SMILES string of the molecule is I.NC(=N[C@@H]1C[C@H]1c1ccc(OC(F)F)cc1)N1CCN(c2ncccn2)CC1. The van der Waals surface area contributed by atoms with Gasteiger partial charge in [0.05, 0.1) is 6.04 Å². The van der Waals surface area contributed by atoms with Crippen molar-refractivity contribution < 1.29 is 13.5 Å². The number of aliphatic imine (C=N–C) groups is 1. The summed E-state index contributed by atoms with van der Waals surface area (Å²) >= 11 is 0. The van der Waals surface area contributed by atoms with E-state index in [2.05, 4.69) is 29.5 Å². The highest BCUT2D eigenvalue weighted by atomic mass is 127. The Hall–Kier alpha value is -2.24. The molecular weight excluding hydrogens is 493 g/mol. The fourth-order valence-corrected chi connectivity index (χ4v) is 3.42. The molecule has 2 atom stereocenters. The number of ether oxygens (including phenoxy) is 1. The third-order valence-corrected chi connectivity index (χ3v) is 5.03. The first kappa shape index (κ1) is 21.5. The Labute approximate surface area is 185 Å². The number of anilines is 1. The Morgan fingerprint density at radius 2 is 1.76 bits per heavy atom. The van der Waals surface area contributed by atoms with Crippen LogP contribution >= 0.6 is 24.0 Å². The molecule has 10 heteroatoms. The summed E-state index contributed by atoms with van der Waals surface area (Å²) in [5.41, 5.74) is 7.28. The van der Waals surface area contributed by atoms with Crippen molar-refractivity contribution >= 4 is 35.9 Å². The maximum atomic E-state index is 12.2. The van der Waals surface area contributed by atoms with Crippen molar-refractivity contribution in [2.45, 2.75) is 25.0 Å². The van der Waals surface area contributed by atoms with E-state index >= 15 is 0 Å². The number of hydrogen-bond acceptors (Lipinski definition) is 5. The van der Waals surface area contributed by atoms with Crippen LogP contribution in [0, 0.1) is 0 Å². The van der Waals surface area contributed by atoms with E-state index in [0.717, 1.165) is 44.1 Å². The standard InChI is InChI=1S/C19H22F2N6O.HI/c20-17(21)28-14-4-2-13(3-5-14)15-12-16(15)25-18(22)26-8-10-27(11-9-26)19-23-6-1-7-24-19;/h1-7,15-17H,8-12H2,(H2,22,25);1H/t15-,16+;/m0./s1. The van der Waals surface area contributed by atoms with Gasteiger partial charge in [0, 0.05) is 44.5 Å². The van der Waals surface area contributed by atoms with Crippen molar-refractivity contribution in [1.82, 2.24) is 14.9 Å². The van der Waals surface area contributed by atoms with Gasteiger partial charge in [0.2, 0.25) is 5.95 Å². The van der Waals surface area contributed by atoms with Gasteiger partial charge >= 0.3 is 6.61 Å². The number of aromatic nitrogens is 2. The van der Waals surface area contributed by atoms with Crippen LogP contribution in [0.1, 0.15) is 17.9 Å². The van der Waals surface area contributed by atoms with Gasteiger partial charge in [-0.2, -0.15) is 8.78 Å². The number of nitrogens with zero attached hydrogens (tertiary/aromatic N) is 5. The average molecular weight is 516 g/mol. The lowest BCUT2D eigenvalue weighted by atomic mass is 10.1. The highest BCUT2D eigenvalue weighted by Gasteiger charge is 2.39. The van der Waals surface area contributed by atoms with Crippen LogP contribution in [0.15, 0.2) is 47.7 Å². The molecule has 1 aliphatic heterocycles. The summed E-state index contributed by atoms with van der Waals surface area (Å²) in [6.07, 6.45) is 4.39. The third-order valence-electron chi connectivity index (χ3n) is 5.03. The summed E-state index contributed by atoms with van der Waals surface area (Å²) in [5, 5.41) is 0. The van der Waals surface area contributed by atoms with Gasteiger partial charge in [-0.05, 0) is 30.2 Å². The minimum Gasteiger partial charge on any atom is -0.435 e. The van der Waals surface area contributed by atoms with Gasteiger partial charge in [0.15, 0.2) is 5.96 Å². The topological polar surface area (TPSA) is 79.9 Å². The van der Waals surface area contributed by atoms with E-state index in [1.165, 1.54) is 0 Å². The summed E-state index contributed by atoms with van der Waals surface area (Å²) < 4.78 is 28.8. The number of guanidine groups is 1. The van der Waals surface area contributed by atoms with Gasteiger partial charge in [0.25, 0.3) is 0 Å². The quantitative estimate of drug-likeness (QED) is 0.374. The normalized spacial score (nSPS) is 21.7. The van der Waals surface area contributed by atoms with E-state index in [9.17, 15) is 8.78 Å². The number of piperazine rings is 1. The van der Waals surface area contributed by atoms with Crippen molar-refractivity contribution in [1.29, 1.82) is 0 Å². The van der Waals surface area contributed by atoms with Crippen LogP contribution in [-0.4, -0.2) is 59.7 Å². The number of benzene rings is 1. The van der Waals surface area contributed by atoms with Crippen molar-refractivity contribution in [3.8, 4) is 5.75 Å². The summed E-state index contributed by atoms with van der Waals surface area (Å²) in [6.45, 7) is 0.313. The average Bonchev–Trinajstić information content (AvgIpc) is 3.48. The zero-order valence-corrected chi connectivity index (χ0v) is 18.0. The third kappa shape index (κ3) is 5.43. The van der Waals surface area contributed by atoms with E-state index in [1.54, 1.807) is 30.6 Å². The number of rotatable bonds is 5. The fourth-order valence-electron chi connectivity index (χ4n) is 3.42. The van der Waals surface area contributed by atoms with Crippen LogP contribution in [0.4, 0.5) is 14.7 Å². The van der Waals surface area contributed by atoms with Crippen LogP contribution in [-0.2, 0) is 0 Å². The monoisotopic (exact) mass is 516 g/mol. The van der Waals surface area contributed by atoms with Crippen LogP contribution in [0.3, 0.4) is 0 Å². The summed E-state index contributed by atoms with van der Waals surface area (Å²) in [5.74, 6) is 1.73. The largest absolute Gasteiger partial charge is 0.435 e. The second-order valence-corrected chi connectivity index (χ2v) is 6.87. The molecule has 1 saturated heterocycles. The molecule has 2 aromatic rings. The molecule has 2 N–H and O–H groups in total. The molecule has 0 unspecified atom stereocenters. The van der Waals surface area contributed by atoms with Crippen LogP contribution in [0.2, 0.25) is 0 Å². The van der Waals surface area contributed by atoms with Gasteiger partial charge in [-0.3, -0.25) is 0 Å². The van der Waals surface area contributed by atoms with Gasteiger partial charge < -0.3 is 20.3 Å². The lowest BCUT2D eigenvalue weighted by Gasteiger charge is -2.35. The molecular formula is C19H23F2IN6O. The molecule has 1 saturated carbocycles. The molecule has 1 aliphatic carbocycles. The number of hydrogen-bond donors (Lipinski definition) is 1. The van der Waals surface area contributed by atoms with Gasteiger partial charge in [-0.25, -0.2) is 15.0 Å². The number of alkyl halides is 2. The Kier molecular flexibility index (Phi) is 7.04. The maximum absolute atomic E-state index is 12.2. The number of nitrogens with two attached hydrogens (primary N) is 1. The molecule has 2 aliphatic rings. The van der Waals surface area contributed by atoms with E-state index < -0.39 is 6.61 Å². The Balaban J connectivity index is 0.00000240. The zero-order chi connectivity index (χ0) is 19.5. The summed E-state index contributed by atoms with van der Waals surface area (Å²) in [4.78, 5) is 17.4. The van der Waals surface area contributed by atoms with E-state index in [4.69, 9.17) is 5.73 Å². The van der Waals surface area contributed by atoms with Gasteiger partial charge in [-0.15, -0.1) is 24.0 Å². The van der Waals surface area contributed by atoms with Crippen molar-refractivity contribution in [2.24, 2.45) is 10.7 Å². The van der Waals surface area contributed by atoms with Crippen LogP contribution < -0.4 is 15.4 Å². The highest BCUT2D eigenvalue weighted by Crippen LogP contribution is 2.44. The second kappa shape index (κ2) is 9.51. The van der Waals surface area contributed by atoms with Gasteiger partial charge in [-0.1, -0.05) is 12.1 Å². The van der Waals surface area contributed by atoms with Crippen molar-refractivity contribution in [3.05, 3.63) is 48.3 Å². The smallest absolute Gasteiger partial charge is 0.387 e. The van der Waals surface area contributed by atoms with E-state index in [-0.39, 0.29) is 41.7 Å². The second-order valence-electron chi connectivity index (χ2n) is 6.87. The predicted octanol–water partition coefficient (Wildman–Crippen LogP) is 2.69. The molecule has 1 aromatic carbocycles. The lowest BCUT2D eigenvalue weighted by molar-refractivity contribution is -0.0498. The molecule has 0 bridgehead atoms.